The fourth-order valence-electron chi connectivity index (χ4n) is 1.82. The summed E-state index contributed by atoms with van der Waals surface area (Å²) in [5.74, 6) is 0.650. The van der Waals surface area contributed by atoms with E-state index in [9.17, 15) is 0 Å². The van der Waals surface area contributed by atoms with Crippen molar-refractivity contribution in [3.8, 4) is 11.5 Å². The summed E-state index contributed by atoms with van der Waals surface area (Å²) in [7, 11) is 0. The highest BCUT2D eigenvalue weighted by Gasteiger charge is 2.10. The van der Waals surface area contributed by atoms with Gasteiger partial charge >= 0.3 is 0 Å². The number of para-hydroxylation sites is 1. The van der Waals surface area contributed by atoms with Gasteiger partial charge in [0.2, 0.25) is 0 Å². The fourth-order valence-corrected chi connectivity index (χ4v) is 2.34. The van der Waals surface area contributed by atoms with E-state index in [0.717, 1.165) is 21.1 Å². The summed E-state index contributed by atoms with van der Waals surface area (Å²) in [4.78, 5) is 11.8. The van der Waals surface area contributed by atoms with Gasteiger partial charge < -0.3 is 10.1 Å². The number of pyridine rings is 1. The van der Waals surface area contributed by atoms with Crippen molar-refractivity contribution in [2.45, 2.75) is 6.61 Å². The van der Waals surface area contributed by atoms with Crippen molar-refractivity contribution < 1.29 is 5.11 Å². The molecule has 5 heteroatoms. The van der Waals surface area contributed by atoms with Gasteiger partial charge in [0.05, 0.1) is 24.0 Å². The summed E-state index contributed by atoms with van der Waals surface area (Å²) >= 11 is 3.50. The van der Waals surface area contributed by atoms with Gasteiger partial charge in [-0.2, -0.15) is 0 Å². The molecule has 0 amide bonds. The molecule has 0 saturated heterocycles. The molecule has 18 heavy (non-hydrogen) atoms. The van der Waals surface area contributed by atoms with Crippen molar-refractivity contribution >= 4 is 26.8 Å². The van der Waals surface area contributed by atoms with Gasteiger partial charge in [-0.15, -0.1) is 0 Å². The SMILES string of the molecule is OCc1cnc(-c2nc3ccccc3cc2Br)[nH]1. The van der Waals surface area contributed by atoms with Crippen molar-refractivity contribution in [3.05, 3.63) is 46.7 Å². The molecule has 0 unspecified atom stereocenters. The van der Waals surface area contributed by atoms with Crippen molar-refractivity contribution in [2.75, 3.05) is 0 Å². The first kappa shape index (κ1) is 11.4. The van der Waals surface area contributed by atoms with Crippen LogP contribution < -0.4 is 0 Å². The molecule has 0 bridgehead atoms. The van der Waals surface area contributed by atoms with Gasteiger partial charge in [-0.05, 0) is 28.1 Å². The van der Waals surface area contributed by atoms with Crippen molar-refractivity contribution in [1.82, 2.24) is 15.0 Å². The van der Waals surface area contributed by atoms with Crippen LogP contribution in [0, 0.1) is 0 Å². The van der Waals surface area contributed by atoms with E-state index in [1.54, 1.807) is 6.20 Å². The monoisotopic (exact) mass is 303 g/mol. The Bertz CT molecular complexity index is 708. The number of halogens is 1. The molecule has 0 radical (unpaired) electrons. The van der Waals surface area contributed by atoms with Crippen molar-refractivity contribution in [3.63, 3.8) is 0 Å². The summed E-state index contributed by atoms with van der Waals surface area (Å²) < 4.78 is 0.875. The van der Waals surface area contributed by atoms with Crippen LogP contribution in [0.4, 0.5) is 0 Å². The lowest BCUT2D eigenvalue weighted by Gasteiger charge is -2.03. The summed E-state index contributed by atoms with van der Waals surface area (Å²) in [5, 5.41) is 10.1. The second-order valence-electron chi connectivity index (χ2n) is 3.93. The van der Waals surface area contributed by atoms with Crippen LogP contribution in [-0.4, -0.2) is 20.1 Å². The lowest BCUT2D eigenvalue weighted by atomic mass is 10.2. The van der Waals surface area contributed by atoms with Crippen LogP contribution in [0.2, 0.25) is 0 Å². The molecule has 2 N–H and O–H groups in total. The third-order valence-electron chi connectivity index (χ3n) is 2.70. The minimum atomic E-state index is -0.0573. The number of fused-ring (bicyclic) bond motifs is 1. The molecule has 0 spiro atoms. The highest BCUT2D eigenvalue weighted by molar-refractivity contribution is 9.10. The van der Waals surface area contributed by atoms with Gasteiger partial charge in [0.15, 0.2) is 5.82 Å². The number of nitrogens with zero attached hydrogens (tertiary/aromatic N) is 2. The molecule has 2 aromatic heterocycles. The first-order valence-corrected chi connectivity index (χ1v) is 6.27. The van der Waals surface area contributed by atoms with Gasteiger partial charge in [-0.3, -0.25) is 0 Å². The van der Waals surface area contributed by atoms with E-state index < -0.39 is 0 Å². The van der Waals surface area contributed by atoms with Crippen LogP contribution in [0.1, 0.15) is 5.69 Å². The number of rotatable bonds is 2. The maximum atomic E-state index is 9.04. The second kappa shape index (κ2) is 4.51. The van der Waals surface area contributed by atoms with Crippen molar-refractivity contribution in [2.24, 2.45) is 0 Å². The number of hydrogen-bond donors (Lipinski definition) is 2. The molecule has 3 rings (SSSR count). The lowest BCUT2D eigenvalue weighted by Crippen LogP contribution is -1.90. The number of aromatic amines is 1. The topological polar surface area (TPSA) is 61.8 Å². The highest BCUT2D eigenvalue weighted by Crippen LogP contribution is 2.27. The predicted molar refractivity (Wildman–Crippen MR) is 72.9 cm³/mol. The number of hydrogen-bond acceptors (Lipinski definition) is 3. The fraction of sp³-hybridized carbons (Fsp3) is 0.0769. The molecule has 0 aliphatic heterocycles. The van der Waals surface area contributed by atoms with E-state index in [-0.39, 0.29) is 6.61 Å². The average Bonchev–Trinajstić information content (AvgIpc) is 2.86. The Morgan fingerprint density at radius 2 is 2.11 bits per heavy atom. The highest BCUT2D eigenvalue weighted by atomic mass is 79.9. The summed E-state index contributed by atoms with van der Waals surface area (Å²) in [6, 6.07) is 9.92. The molecule has 1 aromatic carbocycles. The van der Waals surface area contributed by atoms with Crippen LogP contribution in [0.25, 0.3) is 22.4 Å². The van der Waals surface area contributed by atoms with E-state index in [1.807, 2.05) is 30.3 Å². The Balaban J connectivity index is 2.19. The van der Waals surface area contributed by atoms with E-state index in [4.69, 9.17) is 5.11 Å². The number of aliphatic hydroxyl groups excluding tert-OH is 1. The standard InChI is InChI=1S/C13H10BrN3O/c14-10-5-8-3-1-2-4-11(8)17-12(10)13-15-6-9(7-18)16-13/h1-6,18H,7H2,(H,15,16). The Morgan fingerprint density at radius 1 is 1.28 bits per heavy atom. The minimum Gasteiger partial charge on any atom is -0.390 e. The van der Waals surface area contributed by atoms with Gasteiger partial charge in [0, 0.05) is 9.86 Å². The first-order chi connectivity index (χ1) is 8.78. The Hall–Kier alpha value is -1.72. The molecular formula is C13H10BrN3O. The third kappa shape index (κ3) is 1.91. The summed E-state index contributed by atoms with van der Waals surface area (Å²) in [6.45, 7) is -0.0573. The predicted octanol–water partition coefficient (Wildman–Crippen LogP) is 2.88. The average molecular weight is 304 g/mol. The smallest absolute Gasteiger partial charge is 0.157 e. The molecular weight excluding hydrogens is 294 g/mol. The summed E-state index contributed by atoms with van der Waals surface area (Å²) in [5.41, 5.74) is 2.33. The maximum absolute atomic E-state index is 9.04. The van der Waals surface area contributed by atoms with E-state index in [0.29, 0.717) is 11.5 Å². The Morgan fingerprint density at radius 3 is 2.89 bits per heavy atom. The van der Waals surface area contributed by atoms with Crippen LogP contribution in [-0.2, 0) is 6.61 Å². The van der Waals surface area contributed by atoms with Crippen LogP contribution in [0.15, 0.2) is 41.0 Å². The van der Waals surface area contributed by atoms with Gasteiger partial charge in [0.1, 0.15) is 5.69 Å². The van der Waals surface area contributed by atoms with Crippen LogP contribution >= 0.6 is 15.9 Å². The van der Waals surface area contributed by atoms with Gasteiger partial charge in [-0.1, -0.05) is 18.2 Å². The third-order valence-corrected chi connectivity index (χ3v) is 3.31. The molecule has 0 atom stereocenters. The Kier molecular flexibility index (Phi) is 2.85. The molecule has 0 aliphatic rings. The normalized spacial score (nSPS) is 11.0. The molecule has 90 valence electrons. The molecule has 2 heterocycles. The van der Waals surface area contributed by atoms with E-state index in [1.165, 1.54) is 0 Å². The lowest BCUT2D eigenvalue weighted by molar-refractivity contribution is 0.277. The van der Waals surface area contributed by atoms with E-state index >= 15 is 0 Å². The van der Waals surface area contributed by atoms with Crippen LogP contribution in [0.3, 0.4) is 0 Å². The van der Waals surface area contributed by atoms with Gasteiger partial charge in [-0.25, -0.2) is 9.97 Å². The zero-order valence-corrected chi connectivity index (χ0v) is 11.0. The zero-order chi connectivity index (χ0) is 12.5. The molecule has 0 saturated carbocycles. The Labute approximate surface area is 112 Å². The largest absolute Gasteiger partial charge is 0.390 e. The molecule has 0 fully saturated rings. The maximum Gasteiger partial charge on any atom is 0.157 e. The number of benzene rings is 1. The number of H-pyrrole nitrogens is 1. The number of nitrogens with one attached hydrogen (secondary N) is 1. The van der Waals surface area contributed by atoms with Crippen molar-refractivity contribution in [1.29, 1.82) is 0 Å². The second-order valence-corrected chi connectivity index (χ2v) is 4.78. The molecule has 0 aliphatic carbocycles. The number of aromatic nitrogens is 3. The number of aliphatic hydroxyl groups is 1. The summed E-state index contributed by atoms with van der Waals surface area (Å²) in [6.07, 6.45) is 1.61. The molecule has 3 aromatic rings. The molecule has 4 nitrogen and oxygen atoms in total. The van der Waals surface area contributed by atoms with E-state index in [2.05, 4.69) is 30.9 Å². The van der Waals surface area contributed by atoms with Gasteiger partial charge in [0.25, 0.3) is 0 Å². The number of imidazole rings is 1. The zero-order valence-electron chi connectivity index (χ0n) is 9.39. The minimum absolute atomic E-state index is 0.0573. The van der Waals surface area contributed by atoms with Crippen LogP contribution in [0.5, 0.6) is 0 Å². The first-order valence-electron chi connectivity index (χ1n) is 5.48. The quantitative estimate of drug-likeness (QED) is 0.765.